The normalized spacial score (nSPS) is 11.0. The van der Waals surface area contributed by atoms with E-state index < -0.39 is 0 Å². The first-order valence-electron chi connectivity index (χ1n) is 9.14. The van der Waals surface area contributed by atoms with E-state index in [1.807, 2.05) is 19.1 Å². The van der Waals surface area contributed by atoms with Crippen LogP contribution in [0.15, 0.2) is 47.4 Å². The van der Waals surface area contributed by atoms with Crippen LogP contribution in [-0.4, -0.2) is 21.8 Å². The summed E-state index contributed by atoms with van der Waals surface area (Å²) in [6.07, 6.45) is 1.55. The van der Waals surface area contributed by atoms with E-state index in [4.69, 9.17) is 11.6 Å². The van der Waals surface area contributed by atoms with Gasteiger partial charge in [0, 0.05) is 30.1 Å². The molecule has 0 aliphatic rings. The van der Waals surface area contributed by atoms with Crippen molar-refractivity contribution >= 4 is 28.8 Å². The van der Waals surface area contributed by atoms with Crippen LogP contribution in [0.4, 0.5) is 5.69 Å². The number of halogens is 1. The van der Waals surface area contributed by atoms with Gasteiger partial charge >= 0.3 is 0 Å². The highest BCUT2D eigenvalue weighted by atomic mass is 35.5. The van der Waals surface area contributed by atoms with Crippen LogP contribution < -0.4 is 16.2 Å². The average Bonchev–Trinajstić information content (AvgIpc) is 2.65. The fraction of sp³-hybridized carbons (Fsp3) is 0.286. The number of aryl methyl sites for hydroxylation is 1. The number of carbonyl (C=O) groups is 1. The largest absolute Gasteiger partial charge is 0.379 e. The molecule has 6 nitrogen and oxygen atoms in total. The smallest absolute Gasteiger partial charge is 0.258 e. The first kappa shape index (κ1) is 19.9. The average molecular weight is 399 g/mol. The maximum Gasteiger partial charge on any atom is 0.258 e. The van der Waals surface area contributed by atoms with Crippen molar-refractivity contribution in [1.29, 1.82) is 0 Å². The molecule has 0 aliphatic carbocycles. The lowest BCUT2D eigenvalue weighted by molar-refractivity contribution is 0.0949. The van der Waals surface area contributed by atoms with Gasteiger partial charge in [-0.3, -0.25) is 14.0 Å². The molecule has 1 aromatic carbocycles. The minimum absolute atomic E-state index is 0.0776. The van der Waals surface area contributed by atoms with Crippen LogP contribution in [-0.2, 0) is 6.54 Å². The van der Waals surface area contributed by atoms with Crippen LogP contribution >= 0.6 is 11.6 Å². The number of rotatable bonds is 6. The number of nitrogens with one attached hydrogen (secondary N) is 2. The Morgan fingerprint density at radius 2 is 2.00 bits per heavy atom. The fourth-order valence-corrected chi connectivity index (χ4v) is 2.97. The van der Waals surface area contributed by atoms with Crippen molar-refractivity contribution in [3.63, 3.8) is 0 Å². The molecule has 146 valence electrons. The van der Waals surface area contributed by atoms with Gasteiger partial charge in [-0.2, -0.15) is 0 Å². The summed E-state index contributed by atoms with van der Waals surface area (Å²) in [5.41, 5.74) is 3.45. The summed E-state index contributed by atoms with van der Waals surface area (Å²) in [7, 11) is 0. The van der Waals surface area contributed by atoms with Gasteiger partial charge in [0.1, 0.15) is 5.65 Å². The van der Waals surface area contributed by atoms with Crippen LogP contribution in [0.2, 0.25) is 5.02 Å². The van der Waals surface area contributed by atoms with Crippen molar-refractivity contribution < 1.29 is 4.79 Å². The van der Waals surface area contributed by atoms with Crippen molar-refractivity contribution in [2.75, 3.05) is 11.9 Å². The molecule has 0 fully saturated rings. The highest BCUT2D eigenvalue weighted by Gasteiger charge is 2.09. The molecule has 28 heavy (non-hydrogen) atoms. The molecule has 0 spiro atoms. The van der Waals surface area contributed by atoms with E-state index in [0.29, 0.717) is 40.9 Å². The number of carbonyl (C=O) groups excluding carboxylic acids is 1. The lowest BCUT2D eigenvalue weighted by Crippen LogP contribution is -2.27. The first-order chi connectivity index (χ1) is 13.3. The Morgan fingerprint density at radius 1 is 1.21 bits per heavy atom. The zero-order valence-electron chi connectivity index (χ0n) is 16.1. The van der Waals surface area contributed by atoms with Crippen LogP contribution in [0.25, 0.3) is 5.65 Å². The van der Waals surface area contributed by atoms with E-state index >= 15 is 0 Å². The summed E-state index contributed by atoms with van der Waals surface area (Å²) in [6.45, 7) is 7.09. The van der Waals surface area contributed by atoms with Gasteiger partial charge in [0.05, 0.1) is 17.3 Å². The number of anilines is 1. The quantitative estimate of drug-likeness (QED) is 0.664. The molecule has 2 N–H and O–H groups in total. The van der Waals surface area contributed by atoms with Gasteiger partial charge < -0.3 is 10.6 Å². The molecule has 0 saturated heterocycles. The minimum Gasteiger partial charge on any atom is -0.379 e. The molecule has 0 radical (unpaired) electrons. The maximum atomic E-state index is 12.3. The Balaban J connectivity index is 1.72. The van der Waals surface area contributed by atoms with Crippen LogP contribution in [0.1, 0.15) is 35.5 Å². The van der Waals surface area contributed by atoms with E-state index in [-0.39, 0.29) is 11.5 Å². The lowest BCUT2D eigenvalue weighted by atomic mass is 10.1. The number of amides is 1. The molecule has 0 bridgehead atoms. The molecule has 2 aromatic heterocycles. The number of nitrogens with zero attached hydrogens (tertiary/aromatic N) is 2. The van der Waals surface area contributed by atoms with Gasteiger partial charge in [-0.1, -0.05) is 25.4 Å². The van der Waals surface area contributed by atoms with E-state index in [0.717, 1.165) is 11.3 Å². The van der Waals surface area contributed by atoms with Gasteiger partial charge in [0.25, 0.3) is 11.5 Å². The summed E-state index contributed by atoms with van der Waals surface area (Å²) < 4.78 is 1.42. The van der Waals surface area contributed by atoms with E-state index in [9.17, 15) is 9.59 Å². The Hall–Kier alpha value is -2.86. The molecule has 2 heterocycles. The Kier molecular flexibility index (Phi) is 5.99. The number of pyridine rings is 1. The van der Waals surface area contributed by atoms with Gasteiger partial charge in [-0.25, -0.2) is 4.98 Å². The molecule has 0 aliphatic heterocycles. The predicted molar refractivity (Wildman–Crippen MR) is 112 cm³/mol. The van der Waals surface area contributed by atoms with Gasteiger partial charge in [-0.15, -0.1) is 0 Å². The standard InChI is InChI=1S/C21H23ClN4O2/c1-13(2)10-24-21(28)15-4-6-18(14(3)8-15)23-11-17-9-20(27)26-12-16(22)5-7-19(26)25-17/h4-9,12-13,23H,10-11H2,1-3H3,(H,24,28). The molecular formula is C21H23ClN4O2. The number of benzene rings is 1. The van der Waals surface area contributed by atoms with E-state index in [1.54, 1.807) is 24.4 Å². The topological polar surface area (TPSA) is 75.5 Å². The summed E-state index contributed by atoms with van der Waals surface area (Å²) in [5.74, 6) is 0.326. The number of aromatic nitrogens is 2. The third kappa shape index (κ3) is 4.70. The van der Waals surface area contributed by atoms with Gasteiger partial charge in [-0.05, 0) is 48.7 Å². The zero-order chi connectivity index (χ0) is 20.3. The highest BCUT2D eigenvalue weighted by Crippen LogP contribution is 2.17. The van der Waals surface area contributed by atoms with Crippen LogP contribution in [0.5, 0.6) is 0 Å². The van der Waals surface area contributed by atoms with Crippen LogP contribution in [0, 0.1) is 12.8 Å². The van der Waals surface area contributed by atoms with E-state index in [2.05, 4.69) is 29.5 Å². The Labute approximate surface area is 168 Å². The second-order valence-electron chi connectivity index (χ2n) is 7.15. The number of hydrogen-bond acceptors (Lipinski definition) is 4. The monoisotopic (exact) mass is 398 g/mol. The molecular weight excluding hydrogens is 376 g/mol. The number of hydrogen-bond donors (Lipinski definition) is 2. The zero-order valence-corrected chi connectivity index (χ0v) is 16.9. The SMILES string of the molecule is Cc1cc(C(=O)NCC(C)C)ccc1NCc1cc(=O)n2cc(Cl)ccc2n1. The first-order valence-corrected chi connectivity index (χ1v) is 9.52. The molecule has 3 aromatic rings. The second kappa shape index (κ2) is 8.44. The third-order valence-electron chi connectivity index (χ3n) is 4.30. The maximum absolute atomic E-state index is 12.3. The summed E-state index contributed by atoms with van der Waals surface area (Å²) in [4.78, 5) is 28.9. The lowest BCUT2D eigenvalue weighted by Gasteiger charge is -2.12. The molecule has 1 amide bonds. The molecule has 0 unspecified atom stereocenters. The Morgan fingerprint density at radius 3 is 2.71 bits per heavy atom. The molecule has 0 saturated carbocycles. The third-order valence-corrected chi connectivity index (χ3v) is 4.52. The van der Waals surface area contributed by atoms with Crippen molar-refractivity contribution in [2.24, 2.45) is 5.92 Å². The van der Waals surface area contributed by atoms with Gasteiger partial charge in [0.2, 0.25) is 0 Å². The number of fused-ring (bicyclic) bond motifs is 1. The second-order valence-corrected chi connectivity index (χ2v) is 7.58. The van der Waals surface area contributed by atoms with Gasteiger partial charge in [0.15, 0.2) is 0 Å². The van der Waals surface area contributed by atoms with Crippen LogP contribution in [0.3, 0.4) is 0 Å². The molecule has 3 rings (SSSR count). The Bertz CT molecular complexity index is 1080. The highest BCUT2D eigenvalue weighted by molar-refractivity contribution is 6.30. The van der Waals surface area contributed by atoms with Crippen molar-refractivity contribution in [3.8, 4) is 0 Å². The molecule has 0 atom stereocenters. The van der Waals surface area contributed by atoms with Crippen molar-refractivity contribution in [1.82, 2.24) is 14.7 Å². The van der Waals surface area contributed by atoms with Crippen molar-refractivity contribution in [2.45, 2.75) is 27.3 Å². The fourth-order valence-electron chi connectivity index (χ4n) is 2.80. The summed E-state index contributed by atoms with van der Waals surface area (Å²) in [6, 6.07) is 10.4. The predicted octanol–water partition coefficient (Wildman–Crippen LogP) is 3.65. The summed E-state index contributed by atoms with van der Waals surface area (Å²) >= 11 is 5.93. The minimum atomic E-state index is -0.182. The van der Waals surface area contributed by atoms with Crippen molar-refractivity contribution in [3.05, 3.63) is 74.8 Å². The molecule has 7 heteroatoms. The van der Waals surface area contributed by atoms with E-state index in [1.165, 1.54) is 10.5 Å². The summed E-state index contributed by atoms with van der Waals surface area (Å²) in [5, 5.41) is 6.68.